The van der Waals surface area contributed by atoms with E-state index in [0.29, 0.717) is 30.0 Å². The molecule has 3 heterocycles. The Hall–Kier alpha value is -3.26. The fraction of sp³-hybridized carbons (Fsp3) is 0.400. The Balaban J connectivity index is 1.72. The van der Waals surface area contributed by atoms with E-state index in [9.17, 15) is 4.79 Å². The number of benzene rings is 1. The number of rotatable bonds is 5. The Morgan fingerprint density at radius 3 is 2.36 bits per heavy atom. The second-order valence-corrected chi connectivity index (χ2v) is 8.77. The molecule has 0 radical (unpaired) electrons. The van der Waals surface area contributed by atoms with Gasteiger partial charge in [-0.2, -0.15) is 0 Å². The lowest BCUT2D eigenvalue weighted by molar-refractivity contribution is -0.00523. The summed E-state index contributed by atoms with van der Waals surface area (Å²) in [5.41, 5.74) is 4.43. The van der Waals surface area contributed by atoms with Gasteiger partial charge in [-0.25, -0.2) is 4.39 Å². The van der Waals surface area contributed by atoms with Crippen LogP contribution < -0.4 is 10.2 Å². The Bertz CT molecular complexity index is 1150. The molecule has 1 aliphatic rings. The summed E-state index contributed by atoms with van der Waals surface area (Å²) < 4.78 is 26.5. The quantitative estimate of drug-likeness (QED) is 0.620. The fourth-order valence-electron chi connectivity index (χ4n) is 4.40. The summed E-state index contributed by atoms with van der Waals surface area (Å²) in [5, 5.41) is 6.62. The second-order valence-electron chi connectivity index (χ2n) is 8.77. The molecular weight excluding hydrogens is 423 g/mol. The normalized spacial score (nSPS) is 18.4. The zero-order valence-electron chi connectivity index (χ0n) is 19.6. The minimum Gasteiger partial charge on any atom is -0.372 e. The van der Waals surface area contributed by atoms with E-state index in [-0.39, 0.29) is 36.2 Å². The lowest BCUT2D eigenvalue weighted by atomic mass is 9.97. The molecule has 1 aromatic carbocycles. The van der Waals surface area contributed by atoms with Gasteiger partial charge < -0.3 is 19.5 Å². The molecule has 3 aromatic rings. The molecule has 8 heteroatoms. The Morgan fingerprint density at radius 2 is 1.76 bits per heavy atom. The molecule has 2 aromatic heterocycles. The van der Waals surface area contributed by atoms with Crippen molar-refractivity contribution < 1.29 is 18.4 Å². The number of aromatic nitrogens is 2. The van der Waals surface area contributed by atoms with Crippen molar-refractivity contribution in [2.75, 3.05) is 18.0 Å². The summed E-state index contributed by atoms with van der Waals surface area (Å²) in [5.74, 6) is -0.169. The van der Waals surface area contributed by atoms with Gasteiger partial charge in [-0.1, -0.05) is 5.16 Å². The second kappa shape index (κ2) is 9.31. The lowest BCUT2D eigenvalue weighted by Crippen LogP contribution is -2.45. The average Bonchev–Trinajstić information content (AvgIpc) is 3.16. The maximum absolute atomic E-state index is 15.6. The molecule has 4 rings (SSSR count). The first-order chi connectivity index (χ1) is 15.7. The van der Waals surface area contributed by atoms with Gasteiger partial charge in [-0.05, 0) is 70.0 Å². The SMILES string of the molecule is Cc1cc(-c2c(F)cc(N3CC(C)OC(C)C3)cc2CNC(=O)c2cc(C)on2)cc(C)n1. The molecule has 1 saturated heterocycles. The van der Waals surface area contributed by atoms with Gasteiger partial charge in [0.05, 0.1) is 12.2 Å². The van der Waals surface area contributed by atoms with Crippen LogP contribution in [0.3, 0.4) is 0 Å². The fourth-order valence-corrected chi connectivity index (χ4v) is 4.40. The van der Waals surface area contributed by atoms with Gasteiger partial charge in [0, 0.05) is 48.3 Å². The maximum atomic E-state index is 15.6. The van der Waals surface area contributed by atoms with Crippen molar-refractivity contribution in [2.45, 2.75) is 53.4 Å². The largest absolute Gasteiger partial charge is 0.372 e. The molecule has 0 aliphatic carbocycles. The van der Waals surface area contributed by atoms with Crippen molar-refractivity contribution in [2.24, 2.45) is 0 Å². The molecule has 2 atom stereocenters. The average molecular weight is 453 g/mol. The lowest BCUT2D eigenvalue weighted by Gasteiger charge is -2.37. The molecule has 1 aliphatic heterocycles. The van der Waals surface area contributed by atoms with Crippen LogP contribution in [-0.4, -0.2) is 41.3 Å². The van der Waals surface area contributed by atoms with Gasteiger partial charge in [0.15, 0.2) is 5.69 Å². The number of amides is 1. The summed E-state index contributed by atoms with van der Waals surface area (Å²) in [6.45, 7) is 11.0. The van der Waals surface area contributed by atoms with Crippen LogP contribution in [0.4, 0.5) is 10.1 Å². The Morgan fingerprint density at radius 1 is 1.09 bits per heavy atom. The highest BCUT2D eigenvalue weighted by atomic mass is 19.1. The number of pyridine rings is 1. The van der Waals surface area contributed by atoms with Crippen molar-refractivity contribution in [3.05, 3.63) is 64.6 Å². The van der Waals surface area contributed by atoms with E-state index in [0.717, 1.165) is 22.6 Å². The standard InChI is InChI=1S/C25H29FN4O3/c1-14-6-19(7-15(2)28-14)24-20(11-27-25(31)23-8-16(3)33-29-23)9-21(10-22(24)26)30-12-17(4)32-18(5)13-30/h6-10,17-18H,11-13H2,1-5H3,(H,27,31). The minimum atomic E-state index is -0.376. The third kappa shape index (κ3) is 5.22. The van der Waals surface area contributed by atoms with Gasteiger partial charge in [0.2, 0.25) is 0 Å². The van der Waals surface area contributed by atoms with E-state index in [4.69, 9.17) is 9.26 Å². The highest BCUT2D eigenvalue weighted by Crippen LogP contribution is 2.33. The number of anilines is 1. The number of nitrogens with zero attached hydrogens (tertiary/aromatic N) is 3. The van der Waals surface area contributed by atoms with Gasteiger partial charge in [-0.15, -0.1) is 0 Å². The van der Waals surface area contributed by atoms with E-state index in [1.807, 2.05) is 45.9 Å². The zero-order valence-corrected chi connectivity index (χ0v) is 19.6. The van der Waals surface area contributed by atoms with Gasteiger partial charge in [0.1, 0.15) is 11.6 Å². The molecule has 1 N–H and O–H groups in total. The van der Waals surface area contributed by atoms with Crippen LogP contribution in [0.15, 0.2) is 34.9 Å². The van der Waals surface area contributed by atoms with Crippen LogP contribution in [0.2, 0.25) is 0 Å². The van der Waals surface area contributed by atoms with Crippen LogP contribution in [0, 0.1) is 26.6 Å². The third-order valence-electron chi connectivity index (χ3n) is 5.61. The molecule has 33 heavy (non-hydrogen) atoms. The van der Waals surface area contributed by atoms with Crippen molar-refractivity contribution >= 4 is 11.6 Å². The van der Waals surface area contributed by atoms with E-state index in [1.54, 1.807) is 19.1 Å². The molecule has 174 valence electrons. The minimum absolute atomic E-state index is 0.0422. The highest BCUT2D eigenvalue weighted by molar-refractivity contribution is 5.92. The molecule has 0 saturated carbocycles. The van der Waals surface area contributed by atoms with Gasteiger partial charge >= 0.3 is 0 Å². The monoisotopic (exact) mass is 452 g/mol. The Kier molecular flexibility index (Phi) is 6.47. The van der Waals surface area contributed by atoms with E-state index >= 15 is 4.39 Å². The predicted molar refractivity (Wildman–Crippen MR) is 124 cm³/mol. The molecule has 1 fully saturated rings. The summed E-state index contributed by atoms with van der Waals surface area (Å²) in [6.07, 6.45) is 0.0843. The first-order valence-electron chi connectivity index (χ1n) is 11.1. The molecular formula is C25H29FN4O3. The van der Waals surface area contributed by atoms with Crippen molar-refractivity contribution in [1.82, 2.24) is 15.5 Å². The number of nitrogens with one attached hydrogen (secondary N) is 1. The van der Waals surface area contributed by atoms with Crippen LogP contribution >= 0.6 is 0 Å². The van der Waals surface area contributed by atoms with Crippen molar-refractivity contribution in [1.29, 1.82) is 0 Å². The first-order valence-corrected chi connectivity index (χ1v) is 11.1. The van der Waals surface area contributed by atoms with Crippen LogP contribution in [0.25, 0.3) is 11.1 Å². The smallest absolute Gasteiger partial charge is 0.273 e. The topological polar surface area (TPSA) is 80.5 Å². The van der Waals surface area contributed by atoms with E-state index in [1.165, 1.54) is 0 Å². The van der Waals surface area contributed by atoms with Crippen LogP contribution in [-0.2, 0) is 11.3 Å². The van der Waals surface area contributed by atoms with Gasteiger partial charge in [-0.3, -0.25) is 9.78 Å². The van der Waals surface area contributed by atoms with E-state index in [2.05, 4.69) is 20.4 Å². The number of morpholine rings is 1. The number of carbonyl (C=O) groups excluding carboxylic acids is 1. The number of hydrogen-bond donors (Lipinski definition) is 1. The number of ether oxygens (including phenoxy) is 1. The number of halogens is 1. The molecule has 0 bridgehead atoms. The first kappa shape index (κ1) is 22.9. The number of hydrogen-bond acceptors (Lipinski definition) is 6. The Labute approximate surface area is 192 Å². The maximum Gasteiger partial charge on any atom is 0.273 e. The van der Waals surface area contributed by atoms with Crippen LogP contribution in [0.1, 0.15) is 47.0 Å². The number of carbonyl (C=O) groups is 1. The van der Waals surface area contributed by atoms with Crippen molar-refractivity contribution in [3.63, 3.8) is 0 Å². The van der Waals surface area contributed by atoms with Crippen molar-refractivity contribution in [3.8, 4) is 11.1 Å². The summed E-state index contributed by atoms with van der Waals surface area (Å²) in [4.78, 5) is 19.1. The van der Waals surface area contributed by atoms with Crippen LogP contribution in [0.5, 0.6) is 0 Å². The highest BCUT2D eigenvalue weighted by Gasteiger charge is 2.25. The number of aryl methyl sites for hydroxylation is 3. The molecule has 2 unspecified atom stereocenters. The molecule has 1 amide bonds. The predicted octanol–water partition coefficient (Wildman–Crippen LogP) is 4.34. The molecule has 7 nitrogen and oxygen atoms in total. The van der Waals surface area contributed by atoms with Gasteiger partial charge in [0.25, 0.3) is 5.91 Å². The summed E-state index contributed by atoms with van der Waals surface area (Å²) in [6, 6.07) is 8.80. The zero-order chi connectivity index (χ0) is 23.7. The van der Waals surface area contributed by atoms with E-state index < -0.39 is 0 Å². The summed E-state index contributed by atoms with van der Waals surface area (Å²) >= 11 is 0. The summed E-state index contributed by atoms with van der Waals surface area (Å²) in [7, 11) is 0. The third-order valence-corrected chi connectivity index (χ3v) is 5.61. The molecule has 0 spiro atoms.